The van der Waals surface area contributed by atoms with Crippen molar-refractivity contribution in [3.05, 3.63) is 35.6 Å². The van der Waals surface area contributed by atoms with E-state index in [1.807, 2.05) is 0 Å². The van der Waals surface area contributed by atoms with Gasteiger partial charge in [0.2, 0.25) is 5.91 Å². The molecule has 1 aromatic carbocycles. The standard InChI is InChI=1S/C12H14FNO2/c13-10-5-2-1-4-9(10)8-14-12(15)11-6-3-7-16-11/h1-2,4-5,11H,3,6-8H2,(H,14,15)/t11-/m1/s1. The van der Waals surface area contributed by atoms with E-state index in [-0.39, 0.29) is 24.4 Å². The Morgan fingerprint density at radius 1 is 1.50 bits per heavy atom. The van der Waals surface area contributed by atoms with Gasteiger partial charge in [0.1, 0.15) is 11.9 Å². The van der Waals surface area contributed by atoms with Crippen LogP contribution >= 0.6 is 0 Å². The molecular formula is C12H14FNO2. The Hall–Kier alpha value is -1.42. The summed E-state index contributed by atoms with van der Waals surface area (Å²) in [6.07, 6.45) is 1.31. The number of nitrogens with one attached hydrogen (secondary N) is 1. The van der Waals surface area contributed by atoms with E-state index in [0.717, 1.165) is 12.8 Å². The monoisotopic (exact) mass is 223 g/mol. The van der Waals surface area contributed by atoms with Crippen LogP contribution in [-0.2, 0) is 16.1 Å². The van der Waals surface area contributed by atoms with E-state index in [1.165, 1.54) is 6.07 Å². The first-order chi connectivity index (χ1) is 7.77. The molecule has 1 N–H and O–H groups in total. The summed E-state index contributed by atoms with van der Waals surface area (Å²) in [5.41, 5.74) is 0.494. The molecular weight excluding hydrogens is 209 g/mol. The molecule has 1 saturated heterocycles. The summed E-state index contributed by atoms with van der Waals surface area (Å²) >= 11 is 0. The first-order valence-electron chi connectivity index (χ1n) is 5.40. The second kappa shape index (κ2) is 5.07. The van der Waals surface area contributed by atoms with Gasteiger partial charge in [0.25, 0.3) is 0 Å². The number of carbonyl (C=O) groups is 1. The largest absolute Gasteiger partial charge is 0.368 e. The Kier molecular flexibility index (Phi) is 3.51. The van der Waals surface area contributed by atoms with Gasteiger partial charge in [0, 0.05) is 18.7 Å². The maximum absolute atomic E-state index is 13.2. The summed E-state index contributed by atoms with van der Waals surface area (Å²) in [4.78, 5) is 11.6. The Balaban J connectivity index is 1.87. The van der Waals surface area contributed by atoms with Crippen LogP contribution in [0.5, 0.6) is 0 Å². The van der Waals surface area contributed by atoms with E-state index in [0.29, 0.717) is 12.2 Å². The number of halogens is 1. The molecule has 1 atom stereocenters. The normalized spacial score (nSPS) is 19.7. The number of amides is 1. The van der Waals surface area contributed by atoms with Crippen LogP contribution < -0.4 is 5.32 Å². The van der Waals surface area contributed by atoms with Crippen LogP contribution in [0, 0.1) is 5.82 Å². The van der Waals surface area contributed by atoms with Crippen molar-refractivity contribution in [2.24, 2.45) is 0 Å². The smallest absolute Gasteiger partial charge is 0.249 e. The molecule has 0 aromatic heterocycles. The fourth-order valence-electron chi connectivity index (χ4n) is 1.72. The molecule has 0 unspecified atom stereocenters. The third kappa shape index (κ3) is 2.58. The predicted molar refractivity (Wildman–Crippen MR) is 57.2 cm³/mol. The van der Waals surface area contributed by atoms with Gasteiger partial charge in [-0.1, -0.05) is 18.2 Å². The Bertz CT molecular complexity index is 375. The van der Waals surface area contributed by atoms with Gasteiger partial charge in [-0.3, -0.25) is 4.79 Å². The maximum Gasteiger partial charge on any atom is 0.249 e. The molecule has 3 nitrogen and oxygen atoms in total. The molecule has 1 aliphatic rings. The van der Waals surface area contributed by atoms with E-state index in [4.69, 9.17) is 4.74 Å². The average molecular weight is 223 g/mol. The number of hydrogen-bond acceptors (Lipinski definition) is 2. The molecule has 0 bridgehead atoms. The Morgan fingerprint density at radius 3 is 3.00 bits per heavy atom. The fraction of sp³-hybridized carbons (Fsp3) is 0.417. The lowest BCUT2D eigenvalue weighted by molar-refractivity contribution is -0.130. The van der Waals surface area contributed by atoms with Crippen molar-refractivity contribution in [3.8, 4) is 0 Å². The van der Waals surface area contributed by atoms with Crippen LogP contribution in [0.3, 0.4) is 0 Å². The van der Waals surface area contributed by atoms with E-state index in [2.05, 4.69) is 5.32 Å². The molecule has 1 aromatic rings. The van der Waals surface area contributed by atoms with Crippen molar-refractivity contribution in [2.45, 2.75) is 25.5 Å². The molecule has 4 heteroatoms. The molecule has 0 spiro atoms. The highest BCUT2D eigenvalue weighted by Gasteiger charge is 2.23. The Morgan fingerprint density at radius 2 is 2.31 bits per heavy atom. The lowest BCUT2D eigenvalue weighted by atomic mass is 10.2. The third-order valence-electron chi connectivity index (χ3n) is 2.63. The van der Waals surface area contributed by atoms with Crippen molar-refractivity contribution >= 4 is 5.91 Å². The lowest BCUT2D eigenvalue weighted by Gasteiger charge is -2.10. The van der Waals surface area contributed by atoms with Crippen LogP contribution in [0.4, 0.5) is 4.39 Å². The number of benzene rings is 1. The van der Waals surface area contributed by atoms with Gasteiger partial charge in [0.05, 0.1) is 0 Å². The summed E-state index contributed by atoms with van der Waals surface area (Å²) in [6.45, 7) is 0.850. The van der Waals surface area contributed by atoms with E-state index >= 15 is 0 Å². The summed E-state index contributed by atoms with van der Waals surface area (Å²) < 4.78 is 18.5. The van der Waals surface area contributed by atoms with Gasteiger partial charge >= 0.3 is 0 Å². The topological polar surface area (TPSA) is 38.3 Å². The van der Waals surface area contributed by atoms with Crippen molar-refractivity contribution in [3.63, 3.8) is 0 Å². The highest BCUT2D eigenvalue weighted by atomic mass is 19.1. The van der Waals surface area contributed by atoms with Crippen molar-refractivity contribution in [1.29, 1.82) is 0 Å². The Labute approximate surface area is 93.6 Å². The van der Waals surface area contributed by atoms with Gasteiger partial charge in [-0.2, -0.15) is 0 Å². The zero-order valence-electron chi connectivity index (χ0n) is 8.91. The zero-order valence-corrected chi connectivity index (χ0v) is 8.91. The number of carbonyl (C=O) groups excluding carboxylic acids is 1. The minimum Gasteiger partial charge on any atom is -0.368 e. The minimum atomic E-state index is -0.355. The number of ether oxygens (including phenoxy) is 1. The van der Waals surface area contributed by atoms with Crippen molar-refractivity contribution in [2.75, 3.05) is 6.61 Å². The maximum atomic E-state index is 13.2. The average Bonchev–Trinajstić information content (AvgIpc) is 2.81. The lowest BCUT2D eigenvalue weighted by Crippen LogP contribution is -2.33. The molecule has 1 heterocycles. The highest BCUT2D eigenvalue weighted by molar-refractivity contribution is 5.80. The van der Waals surface area contributed by atoms with Gasteiger partial charge in [-0.05, 0) is 18.9 Å². The minimum absolute atomic E-state index is 0.152. The van der Waals surface area contributed by atoms with Gasteiger partial charge < -0.3 is 10.1 Å². The van der Waals surface area contributed by atoms with Crippen LogP contribution in [0.1, 0.15) is 18.4 Å². The molecule has 86 valence electrons. The predicted octanol–water partition coefficient (Wildman–Crippen LogP) is 1.62. The highest BCUT2D eigenvalue weighted by Crippen LogP contribution is 2.12. The fourth-order valence-corrected chi connectivity index (χ4v) is 1.72. The molecule has 1 fully saturated rings. The van der Waals surface area contributed by atoms with E-state index < -0.39 is 0 Å². The molecule has 16 heavy (non-hydrogen) atoms. The summed E-state index contributed by atoms with van der Waals surface area (Å²) in [5.74, 6) is -0.448. The van der Waals surface area contributed by atoms with E-state index in [1.54, 1.807) is 18.2 Å². The van der Waals surface area contributed by atoms with Gasteiger partial charge in [-0.25, -0.2) is 4.39 Å². The summed E-state index contributed by atoms with van der Waals surface area (Å²) in [6, 6.07) is 6.41. The molecule has 1 aliphatic heterocycles. The molecule has 2 rings (SSSR count). The first-order valence-corrected chi connectivity index (χ1v) is 5.40. The van der Waals surface area contributed by atoms with Gasteiger partial charge in [0.15, 0.2) is 0 Å². The molecule has 0 saturated carbocycles. The second-order valence-corrected chi connectivity index (χ2v) is 3.81. The van der Waals surface area contributed by atoms with E-state index in [9.17, 15) is 9.18 Å². The second-order valence-electron chi connectivity index (χ2n) is 3.81. The van der Waals surface area contributed by atoms with Crippen LogP contribution in [-0.4, -0.2) is 18.6 Å². The molecule has 1 amide bonds. The molecule has 0 aliphatic carbocycles. The number of hydrogen-bond donors (Lipinski definition) is 1. The quantitative estimate of drug-likeness (QED) is 0.845. The SMILES string of the molecule is O=C(NCc1ccccc1F)[C@H]1CCCO1. The van der Waals surface area contributed by atoms with Crippen molar-refractivity contribution < 1.29 is 13.9 Å². The number of rotatable bonds is 3. The van der Waals surface area contributed by atoms with Gasteiger partial charge in [-0.15, -0.1) is 0 Å². The van der Waals surface area contributed by atoms with Crippen LogP contribution in [0.25, 0.3) is 0 Å². The van der Waals surface area contributed by atoms with Crippen LogP contribution in [0.2, 0.25) is 0 Å². The summed E-state index contributed by atoms with van der Waals surface area (Å²) in [7, 11) is 0. The third-order valence-corrected chi connectivity index (χ3v) is 2.63. The zero-order chi connectivity index (χ0) is 11.4. The first kappa shape index (κ1) is 11.1. The molecule has 0 radical (unpaired) electrons. The van der Waals surface area contributed by atoms with Crippen molar-refractivity contribution in [1.82, 2.24) is 5.32 Å². The summed E-state index contributed by atoms with van der Waals surface area (Å²) in [5, 5.41) is 2.68. The van der Waals surface area contributed by atoms with Crippen LogP contribution in [0.15, 0.2) is 24.3 Å².